The number of nitrogens with zero attached hydrogens (tertiary/aromatic N) is 1. The third-order valence-electron chi connectivity index (χ3n) is 4.31. The van der Waals surface area contributed by atoms with E-state index in [2.05, 4.69) is 17.1 Å². The van der Waals surface area contributed by atoms with Crippen LogP contribution >= 0.6 is 0 Å². The average Bonchev–Trinajstić information content (AvgIpc) is 2.62. The van der Waals surface area contributed by atoms with Crippen molar-refractivity contribution in [1.82, 2.24) is 10.2 Å². The van der Waals surface area contributed by atoms with E-state index in [4.69, 9.17) is 4.74 Å². The molecule has 1 aliphatic rings. The summed E-state index contributed by atoms with van der Waals surface area (Å²) in [6.07, 6.45) is 0.269. The Labute approximate surface area is 147 Å². The lowest BCUT2D eigenvalue weighted by molar-refractivity contribution is -0.0212. The van der Waals surface area contributed by atoms with Crippen LogP contribution in [0.1, 0.15) is 28.4 Å². The maximum atomic E-state index is 12.9. The van der Waals surface area contributed by atoms with Crippen molar-refractivity contribution in [2.24, 2.45) is 0 Å². The molecule has 1 fully saturated rings. The van der Waals surface area contributed by atoms with E-state index in [0.717, 1.165) is 31.8 Å². The van der Waals surface area contributed by atoms with Gasteiger partial charge in [0.2, 0.25) is 0 Å². The van der Waals surface area contributed by atoms with Gasteiger partial charge in [0.05, 0.1) is 12.7 Å². The van der Waals surface area contributed by atoms with Crippen molar-refractivity contribution in [3.63, 3.8) is 0 Å². The van der Waals surface area contributed by atoms with E-state index in [1.165, 1.54) is 17.7 Å². The van der Waals surface area contributed by atoms with Crippen LogP contribution in [0.5, 0.6) is 0 Å². The minimum atomic E-state index is -0.277. The molecule has 0 aliphatic carbocycles. The number of ether oxygens (including phenoxy) is 1. The van der Waals surface area contributed by atoms with Crippen LogP contribution in [0.3, 0.4) is 0 Å². The number of morpholine rings is 1. The smallest absolute Gasteiger partial charge is 0.251 e. The van der Waals surface area contributed by atoms with Crippen molar-refractivity contribution in [3.05, 3.63) is 71.0 Å². The van der Waals surface area contributed by atoms with Gasteiger partial charge in [-0.15, -0.1) is 0 Å². The molecule has 1 N–H and O–H groups in total. The maximum Gasteiger partial charge on any atom is 0.251 e. The molecule has 0 spiro atoms. The second-order valence-electron chi connectivity index (χ2n) is 6.42. The molecule has 5 heteroatoms. The van der Waals surface area contributed by atoms with Crippen molar-refractivity contribution in [3.8, 4) is 0 Å². The van der Waals surface area contributed by atoms with E-state index in [1.807, 2.05) is 24.3 Å². The zero-order valence-corrected chi connectivity index (χ0v) is 14.4. The first kappa shape index (κ1) is 17.6. The Morgan fingerprint density at radius 3 is 2.52 bits per heavy atom. The van der Waals surface area contributed by atoms with Gasteiger partial charge in [-0.1, -0.05) is 24.3 Å². The highest BCUT2D eigenvalue weighted by molar-refractivity contribution is 5.94. The summed E-state index contributed by atoms with van der Waals surface area (Å²) in [5.41, 5.74) is 2.68. The van der Waals surface area contributed by atoms with E-state index in [-0.39, 0.29) is 17.8 Å². The number of hydrogen-bond acceptors (Lipinski definition) is 3. The lowest BCUT2D eigenvalue weighted by atomic mass is 10.1. The first-order valence-corrected chi connectivity index (χ1v) is 8.56. The highest BCUT2D eigenvalue weighted by atomic mass is 19.1. The number of carbonyl (C=O) groups is 1. The molecule has 1 aliphatic heterocycles. The molecule has 2 aromatic carbocycles. The number of benzene rings is 2. The number of rotatable bonds is 5. The first-order valence-electron chi connectivity index (χ1n) is 8.56. The topological polar surface area (TPSA) is 41.6 Å². The van der Waals surface area contributed by atoms with Crippen molar-refractivity contribution in [2.45, 2.75) is 26.1 Å². The molecule has 1 amide bonds. The maximum absolute atomic E-state index is 12.9. The Morgan fingerprint density at radius 1 is 1.16 bits per heavy atom. The SMILES string of the molecule is CC1CN(Cc2ccc(C(=O)NCc3ccc(F)cc3)cc2)CCO1. The Bertz CT molecular complexity index is 701. The number of amides is 1. The normalized spacial score (nSPS) is 18.1. The largest absolute Gasteiger partial charge is 0.376 e. The third kappa shape index (κ3) is 5.11. The summed E-state index contributed by atoms with van der Waals surface area (Å²) < 4.78 is 18.4. The predicted molar refractivity (Wildman–Crippen MR) is 94.7 cm³/mol. The van der Waals surface area contributed by atoms with Crippen LogP contribution in [0.2, 0.25) is 0 Å². The van der Waals surface area contributed by atoms with Gasteiger partial charge in [-0.2, -0.15) is 0 Å². The van der Waals surface area contributed by atoms with Gasteiger partial charge in [0.25, 0.3) is 5.91 Å². The van der Waals surface area contributed by atoms with Crippen LogP contribution in [-0.4, -0.2) is 36.6 Å². The zero-order valence-electron chi connectivity index (χ0n) is 14.4. The second kappa shape index (κ2) is 8.23. The lowest BCUT2D eigenvalue weighted by Crippen LogP contribution is -2.40. The minimum Gasteiger partial charge on any atom is -0.376 e. The summed E-state index contributed by atoms with van der Waals surface area (Å²) in [5.74, 6) is -0.406. The molecule has 1 unspecified atom stereocenters. The standard InChI is InChI=1S/C20H23FN2O2/c1-15-13-23(10-11-25-15)14-17-2-6-18(7-3-17)20(24)22-12-16-4-8-19(21)9-5-16/h2-9,15H,10-14H2,1H3,(H,22,24). The second-order valence-corrected chi connectivity index (χ2v) is 6.42. The molecule has 0 radical (unpaired) electrons. The van der Waals surface area contributed by atoms with Gasteiger partial charge in [-0.25, -0.2) is 4.39 Å². The van der Waals surface area contributed by atoms with Gasteiger partial charge in [-0.05, 0) is 42.3 Å². The van der Waals surface area contributed by atoms with Crippen LogP contribution in [0.4, 0.5) is 4.39 Å². The summed E-state index contributed by atoms with van der Waals surface area (Å²) in [5, 5.41) is 2.85. The first-order chi connectivity index (χ1) is 12.1. The fraction of sp³-hybridized carbons (Fsp3) is 0.350. The molecular weight excluding hydrogens is 319 g/mol. The number of halogens is 1. The third-order valence-corrected chi connectivity index (χ3v) is 4.31. The molecule has 25 heavy (non-hydrogen) atoms. The predicted octanol–water partition coefficient (Wildman–Crippen LogP) is 2.98. The highest BCUT2D eigenvalue weighted by Crippen LogP contribution is 2.12. The van der Waals surface area contributed by atoms with Crippen LogP contribution in [-0.2, 0) is 17.8 Å². The molecule has 132 valence electrons. The van der Waals surface area contributed by atoms with E-state index < -0.39 is 0 Å². The Hall–Kier alpha value is -2.24. The van der Waals surface area contributed by atoms with Gasteiger partial charge in [-0.3, -0.25) is 9.69 Å². The quantitative estimate of drug-likeness (QED) is 0.908. The van der Waals surface area contributed by atoms with Crippen LogP contribution in [0.15, 0.2) is 48.5 Å². The number of nitrogens with one attached hydrogen (secondary N) is 1. The monoisotopic (exact) mass is 342 g/mol. The molecule has 1 saturated heterocycles. The summed E-state index contributed by atoms with van der Waals surface area (Å²) in [6.45, 7) is 5.97. The van der Waals surface area contributed by atoms with Crippen LogP contribution < -0.4 is 5.32 Å². The van der Waals surface area contributed by atoms with Crippen LogP contribution in [0.25, 0.3) is 0 Å². The van der Waals surface area contributed by atoms with Crippen molar-refractivity contribution >= 4 is 5.91 Å². The van der Waals surface area contributed by atoms with Gasteiger partial charge in [0, 0.05) is 31.7 Å². The van der Waals surface area contributed by atoms with E-state index in [9.17, 15) is 9.18 Å². The zero-order chi connectivity index (χ0) is 17.6. The molecule has 1 heterocycles. The summed E-state index contributed by atoms with van der Waals surface area (Å²) >= 11 is 0. The van der Waals surface area contributed by atoms with Crippen molar-refractivity contribution in [1.29, 1.82) is 0 Å². The van der Waals surface area contributed by atoms with E-state index in [0.29, 0.717) is 12.1 Å². The van der Waals surface area contributed by atoms with E-state index >= 15 is 0 Å². The fourth-order valence-corrected chi connectivity index (χ4v) is 2.94. The Kier molecular flexibility index (Phi) is 5.79. The van der Waals surface area contributed by atoms with Gasteiger partial charge >= 0.3 is 0 Å². The molecule has 0 saturated carbocycles. The highest BCUT2D eigenvalue weighted by Gasteiger charge is 2.16. The Balaban J connectivity index is 1.52. The van der Waals surface area contributed by atoms with Gasteiger partial charge in [0.15, 0.2) is 0 Å². The van der Waals surface area contributed by atoms with Crippen molar-refractivity contribution < 1.29 is 13.9 Å². The Morgan fingerprint density at radius 2 is 1.84 bits per heavy atom. The molecule has 4 nitrogen and oxygen atoms in total. The lowest BCUT2D eigenvalue weighted by Gasteiger charge is -2.31. The van der Waals surface area contributed by atoms with Crippen LogP contribution in [0, 0.1) is 5.82 Å². The molecule has 3 rings (SSSR count). The molecular formula is C20H23FN2O2. The number of carbonyl (C=O) groups excluding carboxylic acids is 1. The molecule has 0 aromatic heterocycles. The van der Waals surface area contributed by atoms with Gasteiger partial charge < -0.3 is 10.1 Å². The number of hydrogen-bond donors (Lipinski definition) is 1. The van der Waals surface area contributed by atoms with E-state index in [1.54, 1.807) is 12.1 Å². The minimum absolute atomic E-state index is 0.129. The van der Waals surface area contributed by atoms with Crippen molar-refractivity contribution in [2.75, 3.05) is 19.7 Å². The molecule has 0 bridgehead atoms. The summed E-state index contributed by atoms with van der Waals surface area (Å²) in [4.78, 5) is 14.6. The molecule has 1 atom stereocenters. The fourth-order valence-electron chi connectivity index (χ4n) is 2.94. The average molecular weight is 342 g/mol. The van der Waals surface area contributed by atoms with Gasteiger partial charge in [0.1, 0.15) is 5.82 Å². The summed E-state index contributed by atoms with van der Waals surface area (Å²) in [6, 6.07) is 13.8. The molecule has 2 aromatic rings. The summed E-state index contributed by atoms with van der Waals surface area (Å²) in [7, 11) is 0.